The molecule has 1 N–H and O–H groups in total. The van der Waals surface area contributed by atoms with Crippen molar-refractivity contribution < 1.29 is 27.4 Å². The molecule has 37 heavy (non-hydrogen) atoms. The number of ether oxygens (including phenoxy) is 3. The molecule has 0 aromatic heterocycles. The van der Waals surface area contributed by atoms with Gasteiger partial charge in [-0.25, -0.2) is 8.42 Å². The topological polar surface area (TPSA) is 94.2 Å². The van der Waals surface area contributed by atoms with Crippen LogP contribution < -0.4 is 23.8 Å². The molecule has 0 aliphatic rings. The molecule has 0 unspecified atom stereocenters. The molecule has 0 saturated heterocycles. The normalized spacial score (nSPS) is 11.9. The summed E-state index contributed by atoms with van der Waals surface area (Å²) in [6.45, 7) is 3.43. The van der Waals surface area contributed by atoms with Crippen LogP contribution in [0.5, 0.6) is 17.2 Å². The van der Waals surface area contributed by atoms with Crippen LogP contribution in [-0.4, -0.2) is 42.2 Å². The van der Waals surface area contributed by atoms with E-state index in [1.165, 1.54) is 32.4 Å². The fraction of sp³-hybridized carbons (Fsp3) is 0.296. The number of carbonyl (C=O) groups excluding carboxylic acids is 1. The third kappa shape index (κ3) is 6.47. The monoisotopic (exact) mass is 546 g/mol. The van der Waals surface area contributed by atoms with Crippen molar-refractivity contribution in [3.63, 3.8) is 0 Å². The predicted octanol–water partition coefficient (Wildman–Crippen LogP) is 5.14. The number of rotatable bonds is 11. The highest BCUT2D eigenvalue weighted by Gasteiger charge is 2.29. The largest absolute Gasteiger partial charge is 0.496 e. The number of methoxy groups -OCH3 is 3. The SMILES string of the molecule is CC[C@@H](NC(=O)CN(c1ccc(Cl)cc1)S(=O)(=O)c1ccc(OC)c(OC)c1)c1ccc(OC)c(C)c1. The van der Waals surface area contributed by atoms with E-state index in [0.717, 1.165) is 21.2 Å². The second-order valence-electron chi connectivity index (χ2n) is 8.26. The lowest BCUT2D eigenvalue weighted by molar-refractivity contribution is -0.120. The molecular weight excluding hydrogens is 516 g/mol. The van der Waals surface area contributed by atoms with E-state index in [1.54, 1.807) is 31.4 Å². The van der Waals surface area contributed by atoms with Crippen LogP contribution in [0.2, 0.25) is 5.02 Å². The molecule has 0 heterocycles. The first-order valence-electron chi connectivity index (χ1n) is 11.6. The number of carbonyl (C=O) groups is 1. The van der Waals surface area contributed by atoms with Gasteiger partial charge in [-0.2, -0.15) is 0 Å². The van der Waals surface area contributed by atoms with Crippen LogP contribution in [0.4, 0.5) is 5.69 Å². The van der Waals surface area contributed by atoms with Gasteiger partial charge < -0.3 is 19.5 Å². The van der Waals surface area contributed by atoms with E-state index in [9.17, 15) is 13.2 Å². The molecule has 198 valence electrons. The number of halogens is 1. The fourth-order valence-corrected chi connectivity index (χ4v) is 5.50. The number of nitrogens with one attached hydrogen (secondary N) is 1. The Bertz CT molecular complexity index is 1350. The van der Waals surface area contributed by atoms with E-state index in [4.69, 9.17) is 25.8 Å². The summed E-state index contributed by atoms with van der Waals surface area (Å²) in [5.74, 6) is 0.932. The van der Waals surface area contributed by atoms with Crippen molar-refractivity contribution in [2.75, 3.05) is 32.2 Å². The van der Waals surface area contributed by atoms with Gasteiger partial charge in [0.1, 0.15) is 12.3 Å². The first-order valence-corrected chi connectivity index (χ1v) is 13.4. The van der Waals surface area contributed by atoms with Crippen LogP contribution in [0.1, 0.15) is 30.5 Å². The Balaban J connectivity index is 1.94. The van der Waals surface area contributed by atoms with Crippen LogP contribution in [0, 0.1) is 6.92 Å². The minimum absolute atomic E-state index is 0.0503. The van der Waals surface area contributed by atoms with Gasteiger partial charge in [0.25, 0.3) is 10.0 Å². The summed E-state index contributed by atoms with van der Waals surface area (Å²) in [7, 11) is 0.321. The Morgan fingerprint density at radius 2 is 1.54 bits per heavy atom. The summed E-state index contributed by atoms with van der Waals surface area (Å²) in [4.78, 5) is 13.2. The molecule has 0 saturated carbocycles. The van der Waals surface area contributed by atoms with E-state index in [-0.39, 0.29) is 16.7 Å². The first-order chi connectivity index (χ1) is 17.6. The maximum absolute atomic E-state index is 13.8. The Labute approximate surface area is 223 Å². The van der Waals surface area contributed by atoms with Gasteiger partial charge in [-0.3, -0.25) is 9.10 Å². The molecule has 0 aliphatic carbocycles. The van der Waals surface area contributed by atoms with Gasteiger partial charge in [-0.1, -0.05) is 30.7 Å². The minimum atomic E-state index is -4.17. The molecule has 0 radical (unpaired) electrons. The van der Waals surface area contributed by atoms with Crippen molar-refractivity contribution in [2.45, 2.75) is 31.2 Å². The molecule has 1 amide bonds. The molecule has 8 nitrogen and oxygen atoms in total. The Kier molecular flexibility index (Phi) is 9.29. The quantitative estimate of drug-likeness (QED) is 0.358. The number of benzene rings is 3. The fourth-order valence-electron chi connectivity index (χ4n) is 3.94. The van der Waals surface area contributed by atoms with E-state index in [1.807, 2.05) is 32.0 Å². The highest BCUT2D eigenvalue weighted by molar-refractivity contribution is 7.92. The van der Waals surface area contributed by atoms with Crippen LogP contribution in [0.3, 0.4) is 0 Å². The van der Waals surface area contributed by atoms with Crippen LogP contribution >= 0.6 is 11.6 Å². The highest BCUT2D eigenvalue weighted by atomic mass is 35.5. The average Bonchev–Trinajstić information content (AvgIpc) is 2.90. The smallest absolute Gasteiger partial charge is 0.264 e. The van der Waals surface area contributed by atoms with Crippen molar-refractivity contribution in [3.05, 3.63) is 76.8 Å². The number of amides is 1. The zero-order valence-electron chi connectivity index (χ0n) is 21.4. The first kappa shape index (κ1) is 28.1. The summed E-state index contributed by atoms with van der Waals surface area (Å²) < 4.78 is 44.4. The van der Waals surface area contributed by atoms with Gasteiger partial charge >= 0.3 is 0 Å². The van der Waals surface area contributed by atoms with Crippen molar-refractivity contribution in [1.29, 1.82) is 0 Å². The van der Waals surface area contributed by atoms with E-state index in [0.29, 0.717) is 22.9 Å². The number of sulfonamides is 1. The molecule has 0 aliphatic heterocycles. The third-order valence-corrected chi connectivity index (χ3v) is 7.93. The number of hydrogen-bond donors (Lipinski definition) is 1. The van der Waals surface area contributed by atoms with E-state index in [2.05, 4.69) is 5.32 Å². The van der Waals surface area contributed by atoms with Gasteiger partial charge in [0.05, 0.1) is 38.0 Å². The van der Waals surface area contributed by atoms with Crippen LogP contribution in [-0.2, 0) is 14.8 Å². The van der Waals surface area contributed by atoms with E-state index < -0.39 is 22.5 Å². The Morgan fingerprint density at radius 1 is 0.919 bits per heavy atom. The van der Waals surface area contributed by atoms with Gasteiger partial charge in [0.2, 0.25) is 5.91 Å². The van der Waals surface area contributed by atoms with Crippen molar-refractivity contribution >= 4 is 33.2 Å². The second kappa shape index (κ2) is 12.2. The third-order valence-electron chi connectivity index (χ3n) is 5.91. The summed E-state index contributed by atoms with van der Waals surface area (Å²) in [6.07, 6.45) is 0.612. The maximum Gasteiger partial charge on any atom is 0.264 e. The van der Waals surface area contributed by atoms with Gasteiger partial charge in [-0.05, 0) is 66.9 Å². The molecule has 0 fully saturated rings. The molecular formula is C27H31ClN2O6S. The number of aryl methyl sites for hydroxylation is 1. The number of hydrogen-bond acceptors (Lipinski definition) is 6. The van der Waals surface area contributed by atoms with Gasteiger partial charge in [0.15, 0.2) is 11.5 Å². The maximum atomic E-state index is 13.8. The van der Waals surface area contributed by atoms with E-state index >= 15 is 0 Å². The van der Waals surface area contributed by atoms with Crippen molar-refractivity contribution in [2.24, 2.45) is 0 Å². The van der Waals surface area contributed by atoms with Gasteiger partial charge in [0, 0.05) is 11.1 Å². The average molecular weight is 547 g/mol. The molecule has 0 spiro atoms. The lowest BCUT2D eigenvalue weighted by atomic mass is 10.0. The predicted molar refractivity (Wildman–Crippen MR) is 144 cm³/mol. The Hall–Kier alpha value is -3.43. The number of nitrogens with zero attached hydrogens (tertiary/aromatic N) is 1. The standard InChI is InChI=1S/C27H31ClN2O6S/c1-6-23(19-7-13-24(34-3)18(2)15-19)29-27(31)17-30(21-10-8-20(28)9-11-21)37(32,33)22-12-14-25(35-4)26(16-22)36-5/h7-16,23H,6,17H2,1-5H3,(H,29,31)/t23-/m1/s1. The second-order valence-corrected chi connectivity index (χ2v) is 10.6. The summed E-state index contributed by atoms with van der Waals surface area (Å²) >= 11 is 6.03. The lowest BCUT2D eigenvalue weighted by Crippen LogP contribution is -2.42. The molecule has 1 atom stereocenters. The summed E-state index contributed by atoms with van der Waals surface area (Å²) in [5, 5.41) is 3.41. The summed E-state index contributed by atoms with van der Waals surface area (Å²) in [6, 6.07) is 15.9. The molecule has 3 aromatic carbocycles. The van der Waals surface area contributed by atoms with Gasteiger partial charge in [-0.15, -0.1) is 0 Å². The van der Waals surface area contributed by atoms with Crippen molar-refractivity contribution in [1.82, 2.24) is 5.32 Å². The number of anilines is 1. The zero-order valence-corrected chi connectivity index (χ0v) is 23.0. The van der Waals surface area contributed by atoms with Crippen LogP contribution in [0.25, 0.3) is 0 Å². The summed E-state index contributed by atoms with van der Waals surface area (Å²) in [5.41, 5.74) is 2.13. The molecule has 3 rings (SSSR count). The van der Waals surface area contributed by atoms with Crippen LogP contribution in [0.15, 0.2) is 65.6 Å². The molecule has 3 aromatic rings. The zero-order chi connectivity index (χ0) is 27.2. The molecule has 0 bridgehead atoms. The minimum Gasteiger partial charge on any atom is -0.496 e. The molecule has 10 heteroatoms. The van der Waals surface area contributed by atoms with Crippen molar-refractivity contribution in [3.8, 4) is 17.2 Å². The Morgan fingerprint density at radius 3 is 2.11 bits per heavy atom. The highest BCUT2D eigenvalue weighted by Crippen LogP contribution is 2.32. The lowest BCUT2D eigenvalue weighted by Gasteiger charge is -2.26.